The lowest BCUT2D eigenvalue weighted by Crippen LogP contribution is -2.15. The highest BCUT2D eigenvalue weighted by Gasteiger charge is 2.15. The van der Waals surface area contributed by atoms with Crippen molar-refractivity contribution in [1.29, 1.82) is 0 Å². The van der Waals surface area contributed by atoms with Crippen molar-refractivity contribution in [2.45, 2.75) is 26.0 Å². The van der Waals surface area contributed by atoms with E-state index in [1.54, 1.807) is 24.3 Å². The molecule has 0 bridgehead atoms. The Morgan fingerprint density at radius 3 is 2.31 bits per heavy atom. The van der Waals surface area contributed by atoms with Crippen molar-refractivity contribution in [3.05, 3.63) is 34.9 Å². The summed E-state index contributed by atoms with van der Waals surface area (Å²) in [6, 6.07) is 6.96. The molecule has 0 fully saturated rings. The van der Waals surface area contributed by atoms with Crippen LogP contribution in [-0.2, 0) is 15.6 Å². The summed E-state index contributed by atoms with van der Waals surface area (Å²) in [7, 11) is -3.00. The van der Waals surface area contributed by atoms with Crippen molar-refractivity contribution in [2.75, 3.05) is 5.75 Å². The van der Waals surface area contributed by atoms with Gasteiger partial charge in [-0.05, 0) is 23.6 Å². The van der Waals surface area contributed by atoms with E-state index in [-0.39, 0.29) is 17.4 Å². The topological polar surface area (TPSA) is 34.1 Å². The monoisotopic (exact) mass is 260 g/mol. The standard InChI is InChI=1S/C12H17ClO2S/c1-3-10(2)8-16(14,15)9-11-4-6-12(13)7-5-11/h4-7,10H,3,8-9H2,1-2H3/t10-/m1/s1. The number of benzene rings is 1. The summed E-state index contributed by atoms with van der Waals surface area (Å²) < 4.78 is 23.6. The van der Waals surface area contributed by atoms with Crippen LogP contribution in [0.15, 0.2) is 24.3 Å². The zero-order valence-corrected chi connectivity index (χ0v) is 11.2. The molecule has 0 N–H and O–H groups in total. The second-order valence-corrected chi connectivity index (χ2v) is 6.74. The van der Waals surface area contributed by atoms with E-state index in [9.17, 15) is 8.42 Å². The number of halogens is 1. The molecule has 1 aromatic carbocycles. The molecule has 0 amide bonds. The first-order valence-corrected chi connectivity index (χ1v) is 7.57. The fourth-order valence-corrected chi connectivity index (χ4v) is 3.49. The summed E-state index contributed by atoms with van der Waals surface area (Å²) in [6.07, 6.45) is 0.889. The first-order valence-electron chi connectivity index (χ1n) is 5.38. The Hall–Kier alpha value is -0.540. The largest absolute Gasteiger partial charge is 0.228 e. The lowest BCUT2D eigenvalue weighted by molar-refractivity contribution is 0.563. The number of hydrogen-bond donors (Lipinski definition) is 0. The summed E-state index contributed by atoms with van der Waals surface area (Å²) in [6.45, 7) is 3.96. The molecule has 0 saturated heterocycles. The molecular weight excluding hydrogens is 244 g/mol. The third-order valence-corrected chi connectivity index (χ3v) is 4.64. The quantitative estimate of drug-likeness (QED) is 0.814. The zero-order chi connectivity index (χ0) is 12.2. The fraction of sp³-hybridized carbons (Fsp3) is 0.500. The van der Waals surface area contributed by atoms with Crippen molar-refractivity contribution in [1.82, 2.24) is 0 Å². The molecule has 0 heterocycles. The third kappa shape index (κ3) is 4.54. The van der Waals surface area contributed by atoms with E-state index in [0.29, 0.717) is 5.02 Å². The van der Waals surface area contributed by atoms with Gasteiger partial charge in [-0.2, -0.15) is 0 Å². The fourth-order valence-electron chi connectivity index (χ4n) is 1.44. The van der Waals surface area contributed by atoms with Gasteiger partial charge in [-0.1, -0.05) is 44.0 Å². The zero-order valence-electron chi connectivity index (χ0n) is 9.61. The molecule has 0 saturated carbocycles. The Balaban J connectivity index is 2.69. The van der Waals surface area contributed by atoms with Gasteiger partial charge in [0.1, 0.15) is 0 Å². The average molecular weight is 261 g/mol. The summed E-state index contributed by atoms with van der Waals surface area (Å²) >= 11 is 5.74. The molecule has 2 nitrogen and oxygen atoms in total. The van der Waals surface area contributed by atoms with Crippen LogP contribution in [0.5, 0.6) is 0 Å². The van der Waals surface area contributed by atoms with Crippen molar-refractivity contribution < 1.29 is 8.42 Å². The van der Waals surface area contributed by atoms with Crippen LogP contribution < -0.4 is 0 Å². The maximum Gasteiger partial charge on any atom is 0.154 e. The van der Waals surface area contributed by atoms with E-state index < -0.39 is 9.84 Å². The van der Waals surface area contributed by atoms with Crippen LogP contribution in [0.25, 0.3) is 0 Å². The first kappa shape index (κ1) is 13.5. The summed E-state index contributed by atoms with van der Waals surface area (Å²) in [5.74, 6) is 0.581. The molecule has 1 atom stereocenters. The van der Waals surface area contributed by atoms with E-state index in [0.717, 1.165) is 12.0 Å². The molecular formula is C12H17ClO2S. The minimum atomic E-state index is -3.00. The SMILES string of the molecule is CC[C@@H](C)CS(=O)(=O)Cc1ccc(Cl)cc1. The number of hydrogen-bond acceptors (Lipinski definition) is 2. The molecule has 0 aliphatic rings. The van der Waals surface area contributed by atoms with Crippen LogP contribution in [-0.4, -0.2) is 14.2 Å². The van der Waals surface area contributed by atoms with E-state index in [2.05, 4.69) is 0 Å². The number of sulfone groups is 1. The van der Waals surface area contributed by atoms with E-state index in [1.807, 2.05) is 13.8 Å². The Morgan fingerprint density at radius 1 is 1.25 bits per heavy atom. The van der Waals surface area contributed by atoms with Crippen LogP contribution in [0.3, 0.4) is 0 Å². The first-order chi connectivity index (χ1) is 7.43. The number of rotatable bonds is 5. The molecule has 0 spiro atoms. The Bertz CT molecular complexity index is 423. The molecule has 0 radical (unpaired) electrons. The second kappa shape index (κ2) is 5.69. The average Bonchev–Trinajstić information content (AvgIpc) is 2.20. The third-order valence-electron chi connectivity index (χ3n) is 2.54. The van der Waals surface area contributed by atoms with Gasteiger partial charge in [0.15, 0.2) is 9.84 Å². The van der Waals surface area contributed by atoms with Crippen LogP contribution >= 0.6 is 11.6 Å². The minimum absolute atomic E-state index is 0.106. The highest BCUT2D eigenvalue weighted by molar-refractivity contribution is 7.90. The predicted molar refractivity (Wildman–Crippen MR) is 68.4 cm³/mol. The van der Waals surface area contributed by atoms with Gasteiger partial charge in [0.2, 0.25) is 0 Å². The van der Waals surface area contributed by atoms with Crippen molar-refractivity contribution in [3.8, 4) is 0 Å². The van der Waals surface area contributed by atoms with Gasteiger partial charge in [-0.3, -0.25) is 0 Å². The summed E-state index contributed by atoms with van der Waals surface area (Å²) in [5, 5.41) is 0.628. The smallest absolute Gasteiger partial charge is 0.154 e. The van der Waals surface area contributed by atoms with Crippen LogP contribution in [0.1, 0.15) is 25.8 Å². The molecule has 1 rings (SSSR count). The second-order valence-electron chi connectivity index (χ2n) is 4.19. The van der Waals surface area contributed by atoms with Gasteiger partial charge in [0, 0.05) is 5.02 Å². The summed E-state index contributed by atoms with van der Waals surface area (Å²) in [5.41, 5.74) is 0.799. The Labute approximate surface area is 103 Å². The molecule has 0 aliphatic carbocycles. The van der Waals surface area contributed by atoms with Crippen molar-refractivity contribution in [2.24, 2.45) is 5.92 Å². The molecule has 0 aromatic heterocycles. The van der Waals surface area contributed by atoms with Crippen molar-refractivity contribution in [3.63, 3.8) is 0 Å². The predicted octanol–water partition coefficient (Wildman–Crippen LogP) is 3.30. The molecule has 16 heavy (non-hydrogen) atoms. The Morgan fingerprint density at radius 2 is 1.81 bits per heavy atom. The van der Waals surface area contributed by atoms with E-state index >= 15 is 0 Å². The maximum atomic E-state index is 11.8. The van der Waals surface area contributed by atoms with Crippen LogP contribution in [0.4, 0.5) is 0 Å². The van der Waals surface area contributed by atoms with Gasteiger partial charge in [0.05, 0.1) is 11.5 Å². The maximum absolute atomic E-state index is 11.8. The van der Waals surface area contributed by atoms with Gasteiger partial charge in [0.25, 0.3) is 0 Å². The van der Waals surface area contributed by atoms with E-state index in [4.69, 9.17) is 11.6 Å². The lowest BCUT2D eigenvalue weighted by Gasteiger charge is -2.09. The van der Waals surface area contributed by atoms with Gasteiger partial charge in [-0.15, -0.1) is 0 Å². The van der Waals surface area contributed by atoms with Crippen LogP contribution in [0.2, 0.25) is 5.02 Å². The highest BCUT2D eigenvalue weighted by Crippen LogP contribution is 2.14. The van der Waals surface area contributed by atoms with Crippen LogP contribution in [0, 0.1) is 5.92 Å². The molecule has 90 valence electrons. The van der Waals surface area contributed by atoms with Gasteiger partial charge >= 0.3 is 0 Å². The summed E-state index contributed by atoms with van der Waals surface area (Å²) in [4.78, 5) is 0. The van der Waals surface area contributed by atoms with E-state index in [1.165, 1.54) is 0 Å². The minimum Gasteiger partial charge on any atom is -0.228 e. The van der Waals surface area contributed by atoms with Gasteiger partial charge in [-0.25, -0.2) is 8.42 Å². The normalized spacial score (nSPS) is 13.7. The molecule has 4 heteroatoms. The Kier molecular flexibility index (Phi) is 4.81. The highest BCUT2D eigenvalue weighted by atomic mass is 35.5. The molecule has 0 unspecified atom stereocenters. The van der Waals surface area contributed by atoms with Gasteiger partial charge < -0.3 is 0 Å². The molecule has 0 aliphatic heterocycles. The molecule has 1 aromatic rings. The lowest BCUT2D eigenvalue weighted by atomic mass is 10.2. The van der Waals surface area contributed by atoms with Crippen molar-refractivity contribution >= 4 is 21.4 Å².